The molecule has 0 radical (unpaired) electrons. The average molecular weight is 454 g/mol. The van der Waals surface area contributed by atoms with Crippen molar-refractivity contribution in [1.82, 2.24) is 14.8 Å². The molecule has 166 valence electrons. The van der Waals surface area contributed by atoms with Crippen molar-refractivity contribution < 1.29 is 14.0 Å². The number of hydrogen-bond donors (Lipinski definition) is 0. The molecule has 0 saturated carbocycles. The largest absolute Gasteiger partial charge is 0.339 e. The zero-order chi connectivity index (χ0) is 23.0. The number of piperazine rings is 1. The van der Waals surface area contributed by atoms with Gasteiger partial charge in [-0.2, -0.15) is 0 Å². The van der Waals surface area contributed by atoms with Crippen molar-refractivity contribution in [2.75, 3.05) is 26.2 Å². The van der Waals surface area contributed by atoms with E-state index in [1.807, 2.05) is 26.8 Å². The smallest absolute Gasteiger partial charge is 0.254 e. The second-order valence-electron chi connectivity index (χ2n) is 8.44. The van der Waals surface area contributed by atoms with E-state index in [0.29, 0.717) is 59.0 Å². The van der Waals surface area contributed by atoms with E-state index in [0.717, 1.165) is 5.39 Å². The highest BCUT2D eigenvalue weighted by Gasteiger charge is 2.27. The number of aromatic nitrogens is 1. The summed E-state index contributed by atoms with van der Waals surface area (Å²) in [4.78, 5) is 33.0. The molecule has 0 unspecified atom stereocenters. The number of hydrogen-bond acceptors (Lipinski definition) is 3. The molecule has 1 saturated heterocycles. The molecule has 5 nitrogen and oxygen atoms in total. The third-order valence-corrected chi connectivity index (χ3v) is 6.25. The number of nitrogens with zero attached hydrogens (tertiary/aromatic N) is 3. The number of halogens is 2. The number of pyridine rings is 1. The van der Waals surface area contributed by atoms with Crippen molar-refractivity contribution in [3.05, 3.63) is 64.6 Å². The standard InChI is InChI=1S/C25H25ClFN3O2/c1-15(2)24(31)29-8-10-30(11-9-29)25(32)19-14-22(27)20(12-16(19)3)17-4-5-18-21(26)6-7-28-23(18)13-17/h4-7,12-15H,8-11H2,1-3H3. The van der Waals surface area contributed by atoms with E-state index >= 15 is 4.39 Å². The van der Waals surface area contributed by atoms with Crippen molar-refractivity contribution >= 4 is 34.3 Å². The van der Waals surface area contributed by atoms with Gasteiger partial charge in [-0.05, 0) is 42.3 Å². The Morgan fingerprint density at radius 3 is 2.41 bits per heavy atom. The molecule has 1 fully saturated rings. The fourth-order valence-electron chi connectivity index (χ4n) is 4.08. The van der Waals surface area contributed by atoms with E-state index < -0.39 is 5.82 Å². The van der Waals surface area contributed by atoms with Crippen molar-refractivity contribution in [2.24, 2.45) is 5.92 Å². The van der Waals surface area contributed by atoms with Gasteiger partial charge >= 0.3 is 0 Å². The average Bonchev–Trinajstić information content (AvgIpc) is 2.79. The van der Waals surface area contributed by atoms with Crippen LogP contribution in [0.3, 0.4) is 0 Å². The lowest BCUT2D eigenvalue weighted by Crippen LogP contribution is -2.51. The minimum absolute atomic E-state index is 0.0672. The van der Waals surface area contributed by atoms with Gasteiger partial charge in [0, 0.05) is 54.8 Å². The van der Waals surface area contributed by atoms with Gasteiger partial charge in [0.1, 0.15) is 5.82 Å². The molecule has 0 bridgehead atoms. The predicted molar refractivity (Wildman–Crippen MR) is 124 cm³/mol. The van der Waals surface area contributed by atoms with Crippen LogP contribution in [-0.4, -0.2) is 52.8 Å². The molecule has 0 N–H and O–H groups in total. The maximum Gasteiger partial charge on any atom is 0.254 e. The minimum atomic E-state index is -0.464. The topological polar surface area (TPSA) is 53.5 Å². The molecule has 0 spiro atoms. The highest BCUT2D eigenvalue weighted by atomic mass is 35.5. The van der Waals surface area contributed by atoms with Crippen LogP contribution in [0.4, 0.5) is 4.39 Å². The first-order valence-electron chi connectivity index (χ1n) is 10.7. The molecule has 2 heterocycles. The second-order valence-corrected chi connectivity index (χ2v) is 8.85. The number of aryl methyl sites for hydroxylation is 1. The molecule has 0 atom stereocenters. The van der Waals surface area contributed by atoms with Gasteiger partial charge in [-0.1, -0.05) is 37.6 Å². The van der Waals surface area contributed by atoms with Gasteiger partial charge < -0.3 is 9.80 Å². The number of amides is 2. The molecular weight excluding hydrogens is 429 g/mol. The normalized spacial score (nSPS) is 14.3. The first-order valence-corrected chi connectivity index (χ1v) is 11.1. The van der Waals surface area contributed by atoms with Crippen LogP contribution in [0.25, 0.3) is 22.0 Å². The first kappa shape index (κ1) is 22.2. The van der Waals surface area contributed by atoms with Crippen LogP contribution < -0.4 is 0 Å². The van der Waals surface area contributed by atoms with Gasteiger partial charge in [0.15, 0.2) is 0 Å². The van der Waals surface area contributed by atoms with E-state index in [1.165, 1.54) is 6.07 Å². The molecule has 0 aliphatic carbocycles. The molecule has 4 rings (SSSR count). The van der Waals surface area contributed by atoms with Crippen LogP contribution in [0, 0.1) is 18.7 Å². The van der Waals surface area contributed by atoms with Gasteiger partial charge in [-0.15, -0.1) is 0 Å². The number of benzene rings is 2. The van der Waals surface area contributed by atoms with Crippen LogP contribution in [-0.2, 0) is 4.79 Å². The summed E-state index contributed by atoms with van der Waals surface area (Å²) in [7, 11) is 0. The van der Waals surface area contributed by atoms with Gasteiger partial charge in [0.2, 0.25) is 5.91 Å². The Labute approximate surface area is 191 Å². The summed E-state index contributed by atoms with van der Waals surface area (Å²) in [5, 5.41) is 1.39. The zero-order valence-corrected chi connectivity index (χ0v) is 19.1. The second kappa shape index (κ2) is 8.87. The zero-order valence-electron chi connectivity index (χ0n) is 18.4. The minimum Gasteiger partial charge on any atom is -0.339 e. The summed E-state index contributed by atoms with van der Waals surface area (Å²) >= 11 is 6.21. The SMILES string of the molecule is Cc1cc(-c2ccc3c(Cl)ccnc3c2)c(F)cc1C(=O)N1CCN(C(=O)C(C)C)CC1. The number of rotatable bonds is 3. The van der Waals surface area contributed by atoms with E-state index in [9.17, 15) is 9.59 Å². The number of carbonyl (C=O) groups is 2. The summed E-state index contributed by atoms with van der Waals surface area (Å²) in [5.74, 6) is -0.650. The number of fused-ring (bicyclic) bond motifs is 1. The highest BCUT2D eigenvalue weighted by molar-refractivity contribution is 6.35. The van der Waals surface area contributed by atoms with Crippen LogP contribution >= 0.6 is 11.6 Å². The molecule has 7 heteroatoms. The fourth-order valence-corrected chi connectivity index (χ4v) is 4.30. The molecule has 1 aromatic heterocycles. The number of carbonyl (C=O) groups excluding carboxylic acids is 2. The maximum absolute atomic E-state index is 15.1. The monoisotopic (exact) mass is 453 g/mol. The Hall–Kier alpha value is -2.99. The van der Waals surface area contributed by atoms with E-state index in [4.69, 9.17) is 11.6 Å². The lowest BCUT2D eigenvalue weighted by Gasteiger charge is -2.35. The van der Waals surface area contributed by atoms with Crippen LogP contribution in [0.1, 0.15) is 29.8 Å². The molecule has 3 aromatic rings. The maximum atomic E-state index is 15.1. The molecular formula is C25H25ClFN3O2. The molecule has 2 aromatic carbocycles. The summed E-state index contributed by atoms with van der Waals surface area (Å²) in [6, 6.07) is 10.2. The lowest BCUT2D eigenvalue weighted by molar-refractivity contribution is -0.135. The van der Waals surface area contributed by atoms with Gasteiger partial charge in [-0.25, -0.2) is 4.39 Å². The van der Waals surface area contributed by atoms with Crippen molar-refractivity contribution in [3.8, 4) is 11.1 Å². The summed E-state index contributed by atoms with van der Waals surface area (Å²) in [6.07, 6.45) is 1.62. The summed E-state index contributed by atoms with van der Waals surface area (Å²) < 4.78 is 15.1. The van der Waals surface area contributed by atoms with E-state index in [-0.39, 0.29) is 17.7 Å². The Morgan fingerprint density at radius 1 is 1.03 bits per heavy atom. The Balaban J connectivity index is 1.57. The van der Waals surface area contributed by atoms with Crippen molar-refractivity contribution in [2.45, 2.75) is 20.8 Å². The fraction of sp³-hybridized carbons (Fsp3) is 0.320. The van der Waals surface area contributed by atoms with E-state index in [2.05, 4.69) is 4.98 Å². The Morgan fingerprint density at radius 2 is 1.72 bits per heavy atom. The molecule has 32 heavy (non-hydrogen) atoms. The van der Waals surface area contributed by atoms with Gasteiger partial charge in [0.05, 0.1) is 10.5 Å². The van der Waals surface area contributed by atoms with Gasteiger partial charge in [0.25, 0.3) is 5.91 Å². The van der Waals surface area contributed by atoms with E-state index in [1.54, 1.807) is 40.3 Å². The molecule has 1 aliphatic heterocycles. The third-order valence-electron chi connectivity index (χ3n) is 5.92. The van der Waals surface area contributed by atoms with Gasteiger partial charge in [-0.3, -0.25) is 14.6 Å². The highest BCUT2D eigenvalue weighted by Crippen LogP contribution is 2.31. The quantitative estimate of drug-likeness (QED) is 0.564. The molecule has 1 aliphatic rings. The van der Waals surface area contributed by atoms with Crippen molar-refractivity contribution in [1.29, 1.82) is 0 Å². The lowest BCUT2D eigenvalue weighted by atomic mass is 9.97. The Bertz CT molecular complexity index is 1200. The van der Waals surface area contributed by atoms with Crippen molar-refractivity contribution in [3.63, 3.8) is 0 Å². The van der Waals surface area contributed by atoms with Crippen LogP contribution in [0.2, 0.25) is 5.02 Å². The van der Waals surface area contributed by atoms with Crippen LogP contribution in [0.5, 0.6) is 0 Å². The summed E-state index contributed by atoms with van der Waals surface area (Å²) in [6.45, 7) is 7.42. The van der Waals surface area contributed by atoms with Crippen LogP contribution in [0.15, 0.2) is 42.6 Å². The summed E-state index contributed by atoms with van der Waals surface area (Å²) in [5.41, 5.74) is 2.81. The first-order chi connectivity index (χ1) is 15.3. The predicted octanol–water partition coefficient (Wildman–Crippen LogP) is 4.94. The Kier molecular flexibility index (Phi) is 6.15. The third kappa shape index (κ3) is 4.19. The molecule has 2 amide bonds.